The van der Waals surface area contributed by atoms with E-state index >= 15 is 0 Å². The number of benzene rings is 3. The number of nitrogens with one attached hydrogen (secondary N) is 1. The smallest absolute Gasteiger partial charge is 0.410 e. The number of rotatable bonds is 2. The monoisotopic (exact) mass is 377 g/mol. The van der Waals surface area contributed by atoms with Crippen LogP contribution in [0, 0.1) is 0 Å². The summed E-state index contributed by atoms with van der Waals surface area (Å²) >= 11 is 0. The van der Waals surface area contributed by atoms with Crippen molar-refractivity contribution in [1.82, 2.24) is 15.1 Å². The van der Waals surface area contributed by atoms with Gasteiger partial charge < -0.3 is 19.9 Å². The fourth-order valence-electron chi connectivity index (χ4n) is 3.74. The molecule has 1 heterocycles. The van der Waals surface area contributed by atoms with Crippen molar-refractivity contribution in [3.63, 3.8) is 0 Å². The maximum atomic E-state index is 12.6. The normalized spacial score (nSPS) is 14.3. The fourth-order valence-corrected chi connectivity index (χ4v) is 3.74. The molecule has 28 heavy (non-hydrogen) atoms. The summed E-state index contributed by atoms with van der Waals surface area (Å²) in [6, 6.07) is 18.3. The Labute approximate surface area is 163 Å². The van der Waals surface area contributed by atoms with Crippen LogP contribution in [0.3, 0.4) is 0 Å². The second kappa shape index (κ2) is 7.76. The SMILES string of the molecule is CNC(=O)N1CCN(C(=O)OCc2c3ccccc3cc3ccccc23)CC1. The van der Waals surface area contributed by atoms with Gasteiger partial charge in [0.05, 0.1) is 0 Å². The minimum atomic E-state index is -0.339. The predicted octanol–water partition coefficient (Wildman–Crippen LogP) is 3.59. The molecule has 3 aromatic rings. The van der Waals surface area contributed by atoms with Gasteiger partial charge in [0.2, 0.25) is 0 Å². The standard InChI is InChI=1S/C22H23N3O3/c1-23-21(26)24-10-12-25(13-11-24)22(27)28-15-20-18-8-4-2-6-16(18)14-17-7-3-5-9-19(17)20/h2-9,14H,10-13,15H2,1H3,(H,23,26). The molecule has 0 bridgehead atoms. The van der Waals surface area contributed by atoms with Gasteiger partial charge in [0.15, 0.2) is 0 Å². The first-order valence-electron chi connectivity index (χ1n) is 9.45. The second-order valence-electron chi connectivity index (χ2n) is 6.88. The van der Waals surface area contributed by atoms with Crippen LogP contribution in [0.5, 0.6) is 0 Å². The molecule has 1 aliphatic rings. The fraction of sp³-hybridized carbons (Fsp3) is 0.273. The highest BCUT2D eigenvalue weighted by atomic mass is 16.6. The number of carbonyl (C=O) groups is 2. The van der Waals surface area contributed by atoms with Crippen LogP contribution in [-0.2, 0) is 11.3 Å². The van der Waals surface area contributed by atoms with Crippen molar-refractivity contribution in [2.45, 2.75) is 6.61 Å². The molecule has 0 aromatic heterocycles. The van der Waals surface area contributed by atoms with Crippen LogP contribution >= 0.6 is 0 Å². The minimum absolute atomic E-state index is 0.116. The number of ether oxygens (including phenoxy) is 1. The third-order valence-electron chi connectivity index (χ3n) is 5.26. The lowest BCUT2D eigenvalue weighted by atomic mass is 9.97. The topological polar surface area (TPSA) is 61.9 Å². The summed E-state index contributed by atoms with van der Waals surface area (Å²) in [5.41, 5.74) is 1.02. The Morgan fingerprint density at radius 1 is 0.893 bits per heavy atom. The van der Waals surface area contributed by atoms with Crippen LogP contribution in [0.25, 0.3) is 21.5 Å². The van der Waals surface area contributed by atoms with Gasteiger partial charge in [-0.2, -0.15) is 0 Å². The highest BCUT2D eigenvalue weighted by Gasteiger charge is 2.24. The van der Waals surface area contributed by atoms with E-state index in [9.17, 15) is 9.59 Å². The summed E-state index contributed by atoms with van der Waals surface area (Å²) in [5.74, 6) is 0. The molecule has 0 atom stereocenters. The molecule has 4 rings (SSSR count). The van der Waals surface area contributed by atoms with Gasteiger partial charge in [-0.05, 0) is 27.6 Å². The summed E-state index contributed by atoms with van der Waals surface area (Å²) in [5, 5.41) is 7.07. The van der Waals surface area contributed by atoms with Crippen molar-refractivity contribution in [2.75, 3.05) is 33.2 Å². The van der Waals surface area contributed by atoms with Gasteiger partial charge in [-0.25, -0.2) is 9.59 Å². The Kier molecular flexibility index (Phi) is 5.02. The van der Waals surface area contributed by atoms with E-state index in [2.05, 4.69) is 35.6 Å². The molecule has 1 aliphatic heterocycles. The number of piperazine rings is 1. The number of fused-ring (bicyclic) bond motifs is 2. The van der Waals surface area contributed by atoms with Gasteiger partial charge in [-0.15, -0.1) is 0 Å². The van der Waals surface area contributed by atoms with E-state index < -0.39 is 0 Å². The molecule has 144 valence electrons. The highest BCUT2D eigenvalue weighted by molar-refractivity contribution is 6.02. The molecule has 0 aliphatic carbocycles. The summed E-state index contributed by atoms with van der Waals surface area (Å²) in [4.78, 5) is 27.6. The van der Waals surface area contributed by atoms with Gasteiger partial charge in [0.1, 0.15) is 6.61 Å². The van der Waals surface area contributed by atoms with Gasteiger partial charge in [-0.1, -0.05) is 48.5 Å². The molecular weight excluding hydrogens is 354 g/mol. The molecule has 1 saturated heterocycles. The zero-order valence-corrected chi connectivity index (χ0v) is 15.9. The lowest BCUT2D eigenvalue weighted by Crippen LogP contribution is -2.52. The average Bonchev–Trinajstić information content (AvgIpc) is 2.76. The molecule has 6 heteroatoms. The highest BCUT2D eigenvalue weighted by Crippen LogP contribution is 2.29. The minimum Gasteiger partial charge on any atom is -0.444 e. The molecule has 1 N–H and O–H groups in total. The first-order chi connectivity index (χ1) is 13.7. The Morgan fingerprint density at radius 2 is 1.43 bits per heavy atom. The average molecular weight is 377 g/mol. The van der Waals surface area contributed by atoms with E-state index in [4.69, 9.17) is 4.74 Å². The van der Waals surface area contributed by atoms with Crippen LogP contribution in [0.15, 0.2) is 54.6 Å². The molecule has 3 aromatic carbocycles. The van der Waals surface area contributed by atoms with E-state index in [0.717, 1.165) is 27.1 Å². The number of urea groups is 1. The van der Waals surface area contributed by atoms with Crippen molar-refractivity contribution < 1.29 is 14.3 Å². The zero-order chi connectivity index (χ0) is 19.5. The van der Waals surface area contributed by atoms with Crippen molar-refractivity contribution in [3.05, 3.63) is 60.2 Å². The first kappa shape index (κ1) is 18.1. The van der Waals surface area contributed by atoms with Crippen LogP contribution in [0.1, 0.15) is 5.56 Å². The Balaban J connectivity index is 1.51. The maximum Gasteiger partial charge on any atom is 0.410 e. The summed E-state index contributed by atoms with van der Waals surface area (Å²) in [6.07, 6.45) is -0.339. The van der Waals surface area contributed by atoms with Crippen LogP contribution in [0.2, 0.25) is 0 Å². The van der Waals surface area contributed by atoms with Crippen molar-refractivity contribution in [1.29, 1.82) is 0 Å². The van der Waals surface area contributed by atoms with Crippen molar-refractivity contribution >= 4 is 33.7 Å². The molecule has 0 saturated carbocycles. The van der Waals surface area contributed by atoms with Crippen LogP contribution < -0.4 is 5.32 Å². The van der Waals surface area contributed by atoms with Crippen molar-refractivity contribution in [2.24, 2.45) is 0 Å². The summed E-state index contributed by atoms with van der Waals surface area (Å²) in [7, 11) is 1.61. The third kappa shape index (κ3) is 3.45. The third-order valence-corrected chi connectivity index (χ3v) is 5.26. The quantitative estimate of drug-likeness (QED) is 0.695. The molecular formula is C22H23N3O3. The Morgan fingerprint density at radius 3 is 2.00 bits per heavy atom. The van der Waals surface area contributed by atoms with E-state index in [1.54, 1.807) is 16.8 Å². The van der Waals surface area contributed by atoms with E-state index in [0.29, 0.717) is 26.2 Å². The number of hydrogen-bond acceptors (Lipinski definition) is 3. The largest absolute Gasteiger partial charge is 0.444 e. The molecule has 1 fully saturated rings. The maximum absolute atomic E-state index is 12.6. The lowest BCUT2D eigenvalue weighted by Gasteiger charge is -2.33. The van der Waals surface area contributed by atoms with Gasteiger partial charge >= 0.3 is 12.1 Å². The van der Waals surface area contributed by atoms with Gasteiger partial charge in [0.25, 0.3) is 0 Å². The van der Waals surface area contributed by atoms with Gasteiger partial charge in [-0.3, -0.25) is 0 Å². The van der Waals surface area contributed by atoms with Crippen molar-refractivity contribution in [3.8, 4) is 0 Å². The molecule has 0 spiro atoms. The zero-order valence-electron chi connectivity index (χ0n) is 15.9. The number of carbonyl (C=O) groups excluding carboxylic acids is 2. The Hall–Kier alpha value is -3.28. The summed E-state index contributed by atoms with van der Waals surface area (Å²) < 4.78 is 5.67. The first-order valence-corrected chi connectivity index (χ1v) is 9.45. The molecule has 3 amide bonds. The molecule has 6 nitrogen and oxygen atoms in total. The number of hydrogen-bond donors (Lipinski definition) is 1. The lowest BCUT2D eigenvalue weighted by molar-refractivity contribution is 0.0776. The van der Waals surface area contributed by atoms with E-state index in [-0.39, 0.29) is 18.7 Å². The molecule has 0 radical (unpaired) electrons. The Bertz CT molecular complexity index is 972. The number of amides is 3. The predicted molar refractivity (Wildman–Crippen MR) is 109 cm³/mol. The van der Waals surface area contributed by atoms with Gasteiger partial charge in [0, 0.05) is 38.8 Å². The van der Waals surface area contributed by atoms with E-state index in [1.165, 1.54) is 0 Å². The number of nitrogens with zero attached hydrogens (tertiary/aromatic N) is 2. The second-order valence-corrected chi connectivity index (χ2v) is 6.88. The van der Waals surface area contributed by atoms with Crippen LogP contribution in [-0.4, -0.2) is 55.2 Å². The van der Waals surface area contributed by atoms with E-state index in [1.807, 2.05) is 24.3 Å². The van der Waals surface area contributed by atoms with Crippen LogP contribution in [0.4, 0.5) is 9.59 Å². The summed E-state index contributed by atoms with van der Waals surface area (Å²) in [6.45, 7) is 2.18. The molecule has 0 unspecified atom stereocenters.